The third kappa shape index (κ3) is 52.2. The molecule has 6 nitrogen and oxygen atoms in total. The van der Waals surface area contributed by atoms with Crippen LogP contribution < -0.4 is 0 Å². The zero-order chi connectivity index (χ0) is 47.2. The van der Waals surface area contributed by atoms with Gasteiger partial charge in [-0.25, -0.2) is 0 Å². The minimum Gasteiger partial charge on any atom is -0.462 e. The Bertz CT molecular complexity index is 1140. The third-order valence-electron chi connectivity index (χ3n) is 12.4. The molecule has 0 amide bonds. The van der Waals surface area contributed by atoms with Crippen molar-refractivity contribution in [2.24, 2.45) is 0 Å². The van der Waals surface area contributed by atoms with Crippen molar-refractivity contribution >= 4 is 17.9 Å². The second-order valence-electron chi connectivity index (χ2n) is 18.9. The van der Waals surface area contributed by atoms with Gasteiger partial charge in [0.2, 0.25) is 0 Å². The van der Waals surface area contributed by atoms with Crippen LogP contribution in [0.5, 0.6) is 0 Å². The van der Waals surface area contributed by atoms with E-state index in [0.29, 0.717) is 19.3 Å². The van der Waals surface area contributed by atoms with Crippen molar-refractivity contribution < 1.29 is 28.6 Å². The molecule has 0 saturated carbocycles. The molecule has 0 aliphatic heterocycles. The number of carbonyl (C=O) groups is 3. The first-order valence-electron chi connectivity index (χ1n) is 28.2. The lowest BCUT2D eigenvalue weighted by Crippen LogP contribution is -2.30. The predicted molar refractivity (Wildman–Crippen MR) is 279 cm³/mol. The Kier molecular flexibility index (Phi) is 51.8. The molecule has 1 unspecified atom stereocenters. The molecule has 0 bridgehead atoms. The van der Waals surface area contributed by atoms with Crippen molar-refractivity contribution in [3.8, 4) is 0 Å². The van der Waals surface area contributed by atoms with Crippen LogP contribution in [0.4, 0.5) is 0 Å². The van der Waals surface area contributed by atoms with Gasteiger partial charge in [-0.3, -0.25) is 14.4 Å². The summed E-state index contributed by atoms with van der Waals surface area (Å²) in [5.41, 5.74) is 0. The van der Waals surface area contributed by atoms with Crippen LogP contribution in [0.15, 0.2) is 48.6 Å². The van der Waals surface area contributed by atoms with E-state index in [1.807, 2.05) is 0 Å². The van der Waals surface area contributed by atoms with Crippen molar-refractivity contribution in [2.45, 2.75) is 297 Å². The molecule has 6 heteroatoms. The van der Waals surface area contributed by atoms with Gasteiger partial charge in [-0.1, -0.05) is 256 Å². The monoisotopic (exact) mass is 911 g/mol. The summed E-state index contributed by atoms with van der Waals surface area (Å²) < 4.78 is 16.8. The van der Waals surface area contributed by atoms with Gasteiger partial charge in [0.05, 0.1) is 0 Å². The summed E-state index contributed by atoms with van der Waals surface area (Å²) >= 11 is 0. The summed E-state index contributed by atoms with van der Waals surface area (Å²) in [6, 6.07) is 0. The average molecular weight is 911 g/mol. The van der Waals surface area contributed by atoms with Crippen molar-refractivity contribution in [2.75, 3.05) is 13.2 Å². The summed E-state index contributed by atoms with van der Waals surface area (Å²) in [7, 11) is 0. The average Bonchev–Trinajstić information content (AvgIpc) is 3.30. The molecule has 1 atom stereocenters. The van der Waals surface area contributed by atoms with E-state index in [9.17, 15) is 14.4 Å². The van der Waals surface area contributed by atoms with Crippen LogP contribution in [0.2, 0.25) is 0 Å². The zero-order valence-corrected chi connectivity index (χ0v) is 43.3. The SMILES string of the molecule is CC\C=C/C=C\C=C/CCCCCCCC(=O)OCC(COC(=O)CCCCCCCCC/C=C\CCCCCCCCCC)OC(=O)CCCCCCCCCCCCCCCCC. The van der Waals surface area contributed by atoms with Crippen LogP contribution in [0.25, 0.3) is 0 Å². The lowest BCUT2D eigenvalue weighted by Gasteiger charge is -2.18. The van der Waals surface area contributed by atoms with Crippen molar-refractivity contribution in [1.29, 1.82) is 0 Å². The first kappa shape index (κ1) is 62.4. The summed E-state index contributed by atoms with van der Waals surface area (Å²) in [6.07, 6.45) is 65.3. The second-order valence-corrected chi connectivity index (χ2v) is 18.9. The topological polar surface area (TPSA) is 78.9 Å². The number of hydrogen-bond acceptors (Lipinski definition) is 6. The van der Waals surface area contributed by atoms with Crippen molar-refractivity contribution in [3.63, 3.8) is 0 Å². The maximum Gasteiger partial charge on any atom is 0.306 e. The fourth-order valence-corrected chi connectivity index (χ4v) is 8.14. The minimum absolute atomic E-state index is 0.0794. The highest BCUT2D eigenvalue weighted by Gasteiger charge is 2.19. The molecule has 65 heavy (non-hydrogen) atoms. The molecule has 0 fully saturated rings. The van der Waals surface area contributed by atoms with Gasteiger partial charge in [-0.05, 0) is 64.2 Å². The van der Waals surface area contributed by atoms with Crippen LogP contribution in [-0.4, -0.2) is 37.2 Å². The van der Waals surface area contributed by atoms with E-state index in [0.717, 1.165) is 83.5 Å². The molecule has 0 aromatic carbocycles. The number of unbranched alkanes of at least 4 members (excludes halogenated alkanes) is 34. The first-order valence-corrected chi connectivity index (χ1v) is 28.2. The summed E-state index contributed by atoms with van der Waals surface area (Å²) in [4.78, 5) is 38.1. The van der Waals surface area contributed by atoms with E-state index in [1.165, 1.54) is 167 Å². The van der Waals surface area contributed by atoms with Gasteiger partial charge in [-0.15, -0.1) is 0 Å². The Morgan fingerprint density at radius 3 is 0.969 bits per heavy atom. The van der Waals surface area contributed by atoms with Gasteiger partial charge in [-0.2, -0.15) is 0 Å². The van der Waals surface area contributed by atoms with E-state index < -0.39 is 6.10 Å². The number of hydrogen-bond donors (Lipinski definition) is 0. The normalized spacial score (nSPS) is 12.4. The fourth-order valence-electron chi connectivity index (χ4n) is 8.14. The highest BCUT2D eigenvalue weighted by Crippen LogP contribution is 2.16. The Balaban J connectivity index is 4.34. The fraction of sp³-hybridized carbons (Fsp3) is 0.814. The van der Waals surface area contributed by atoms with Gasteiger partial charge in [0.25, 0.3) is 0 Å². The molecule has 378 valence electrons. The highest BCUT2D eigenvalue weighted by atomic mass is 16.6. The Morgan fingerprint density at radius 2 is 0.615 bits per heavy atom. The van der Waals surface area contributed by atoms with E-state index in [2.05, 4.69) is 69.4 Å². The van der Waals surface area contributed by atoms with Crippen LogP contribution in [-0.2, 0) is 28.6 Å². The van der Waals surface area contributed by atoms with E-state index in [-0.39, 0.29) is 31.1 Å². The molecular formula is C59H106O6. The van der Waals surface area contributed by atoms with Crippen LogP contribution in [0.3, 0.4) is 0 Å². The first-order chi connectivity index (χ1) is 32.0. The number of carbonyl (C=O) groups excluding carboxylic acids is 3. The van der Waals surface area contributed by atoms with Gasteiger partial charge in [0.1, 0.15) is 13.2 Å². The standard InChI is InChI=1S/C59H106O6/c1-4-7-10-13-16-19-22-25-27-28-29-30-32-34-37-40-43-46-49-52-58(61)64-55-56(54-63-57(60)51-48-45-42-39-36-33-24-21-18-15-12-9-6-3)65-59(62)53-50-47-44-41-38-35-31-26-23-20-17-14-11-8-5-2/h9,12,15,18,21,24,28-29,56H,4-8,10-11,13-14,16-17,19-20,22-23,25-27,30-55H2,1-3H3/b12-9-,18-15-,24-21-,29-28-. The second kappa shape index (κ2) is 54.0. The molecule has 0 N–H and O–H groups in total. The molecule has 0 radical (unpaired) electrons. The molecule has 0 aliphatic carbocycles. The summed E-state index contributed by atoms with van der Waals surface area (Å²) in [5.74, 6) is -0.891. The summed E-state index contributed by atoms with van der Waals surface area (Å²) in [5, 5.41) is 0. The van der Waals surface area contributed by atoms with Crippen LogP contribution >= 0.6 is 0 Å². The number of allylic oxidation sites excluding steroid dienone is 8. The van der Waals surface area contributed by atoms with Gasteiger partial charge >= 0.3 is 17.9 Å². The van der Waals surface area contributed by atoms with Crippen molar-refractivity contribution in [1.82, 2.24) is 0 Å². The van der Waals surface area contributed by atoms with Crippen LogP contribution in [0, 0.1) is 0 Å². The van der Waals surface area contributed by atoms with Crippen molar-refractivity contribution in [3.05, 3.63) is 48.6 Å². The smallest absolute Gasteiger partial charge is 0.306 e. The molecule has 0 heterocycles. The largest absolute Gasteiger partial charge is 0.462 e. The maximum absolute atomic E-state index is 12.8. The van der Waals surface area contributed by atoms with E-state index in [1.54, 1.807) is 0 Å². The number of ether oxygens (including phenoxy) is 3. The Labute approximate surface area is 403 Å². The Morgan fingerprint density at radius 1 is 0.323 bits per heavy atom. The molecule has 0 aliphatic rings. The molecule has 0 rings (SSSR count). The number of rotatable bonds is 51. The molecule has 0 spiro atoms. The quantitative estimate of drug-likeness (QED) is 0.0199. The van der Waals surface area contributed by atoms with Gasteiger partial charge in [0.15, 0.2) is 6.10 Å². The van der Waals surface area contributed by atoms with Gasteiger partial charge in [0, 0.05) is 19.3 Å². The highest BCUT2D eigenvalue weighted by molar-refractivity contribution is 5.71. The van der Waals surface area contributed by atoms with E-state index in [4.69, 9.17) is 14.2 Å². The molecule has 0 aromatic heterocycles. The third-order valence-corrected chi connectivity index (χ3v) is 12.4. The van der Waals surface area contributed by atoms with Gasteiger partial charge < -0.3 is 14.2 Å². The molecule has 0 aromatic rings. The predicted octanol–water partition coefficient (Wildman–Crippen LogP) is 18.7. The van der Waals surface area contributed by atoms with E-state index >= 15 is 0 Å². The lowest BCUT2D eigenvalue weighted by molar-refractivity contribution is -0.167. The maximum atomic E-state index is 12.8. The Hall–Kier alpha value is -2.63. The van der Waals surface area contributed by atoms with Crippen LogP contribution in [0.1, 0.15) is 290 Å². The zero-order valence-electron chi connectivity index (χ0n) is 43.3. The minimum atomic E-state index is -0.780. The summed E-state index contributed by atoms with van der Waals surface area (Å²) in [6.45, 7) is 6.52. The molecule has 0 saturated heterocycles. The number of esters is 3. The molecular weight excluding hydrogens is 805 g/mol. The lowest BCUT2D eigenvalue weighted by atomic mass is 10.0.